The number of esters is 2. The molecule has 0 aliphatic carbocycles. The Morgan fingerprint density at radius 3 is 1.17 bits per heavy atom. The van der Waals surface area contributed by atoms with Gasteiger partial charge in [0.05, 0.1) is 23.1 Å². The van der Waals surface area contributed by atoms with E-state index in [-0.39, 0.29) is 33.2 Å². The smallest absolute Gasteiger partial charge is 0.488 e. The molecule has 0 amide bonds. The number of halogens is 4. The topological polar surface area (TPSA) is 52.6 Å². The maximum Gasteiger partial charge on any atom is 4.00 e. The van der Waals surface area contributed by atoms with Gasteiger partial charge in [0.2, 0.25) is 0 Å². The summed E-state index contributed by atoms with van der Waals surface area (Å²) in [5, 5.41) is 0. The van der Waals surface area contributed by atoms with E-state index in [2.05, 4.69) is 9.47 Å². The van der Waals surface area contributed by atoms with Crippen molar-refractivity contribution < 1.29 is 58.3 Å². The van der Waals surface area contributed by atoms with Gasteiger partial charge in [-0.05, 0) is 0 Å². The summed E-state index contributed by atoms with van der Waals surface area (Å²) in [6.07, 6.45) is 0. The zero-order valence-corrected chi connectivity index (χ0v) is 20.3. The van der Waals surface area contributed by atoms with Crippen molar-refractivity contribution in [1.29, 1.82) is 0 Å². The van der Waals surface area contributed by atoms with Gasteiger partial charge in [-0.25, -0.2) is 41.8 Å². The third kappa shape index (κ3) is 15.1. The second-order valence-corrected chi connectivity index (χ2v) is 6.08. The van der Waals surface area contributed by atoms with Gasteiger partial charge in [0, 0.05) is 25.5 Å². The molecular weight excluding hydrogens is 500 g/mol. The minimum absolute atomic E-state index is 0. The quantitative estimate of drug-likeness (QED) is 0.104. The zero-order chi connectivity index (χ0) is 25.3. The Kier molecular flexibility index (Phi) is 16.1. The summed E-state index contributed by atoms with van der Waals surface area (Å²) in [7, 11) is 0. The first kappa shape index (κ1) is 31.5. The number of carbonyl (C=O) groups excluding carboxylic acids is 2. The van der Waals surface area contributed by atoms with E-state index in [1.54, 1.807) is 12.1 Å². The van der Waals surface area contributed by atoms with Crippen molar-refractivity contribution in [2.24, 2.45) is 0 Å². The molecule has 0 saturated heterocycles. The molecule has 35 heavy (non-hydrogen) atoms. The van der Waals surface area contributed by atoms with Crippen LogP contribution in [0.3, 0.4) is 0 Å². The fourth-order valence-corrected chi connectivity index (χ4v) is 1.97. The molecule has 180 valence electrons. The molecule has 0 radical (unpaired) electrons. The summed E-state index contributed by atoms with van der Waals surface area (Å²) < 4.78 is 58.6. The van der Waals surface area contributed by atoms with Crippen molar-refractivity contribution in [2.75, 3.05) is 0 Å². The van der Waals surface area contributed by atoms with E-state index in [4.69, 9.17) is 0 Å². The second-order valence-electron chi connectivity index (χ2n) is 6.08. The van der Waals surface area contributed by atoms with E-state index in [1.165, 1.54) is 0 Å². The van der Waals surface area contributed by atoms with Crippen LogP contribution in [0.4, 0.5) is 17.6 Å². The van der Waals surface area contributed by atoms with Gasteiger partial charge in [-0.3, -0.25) is 9.59 Å². The van der Waals surface area contributed by atoms with Gasteiger partial charge >= 0.3 is 21.7 Å². The van der Waals surface area contributed by atoms with Crippen LogP contribution in [0.15, 0.2) is 84.9 Å². The Balaban J connectivity index is 0.000000468. The molecule has 0 bridgehead atoms. The first-order chi connectivity index (χ1) is 16.2. The summed E-state index contributed by atoms with van der Waals surface area (Å²) in [6.45, 7) is 2.26. The first-order valence-electron chi connectivity index (χ1n) is 9.64. The Morgan fingerprint density at radius 1 is 0.657 bits per heavy atom. The van der Waals surface area contributed by atoms with Crippen molar-refractivity contribution >= 4 is 11.9 Å². The van der Waals surface area contributed by atoms with Crippen LogP contribution in [0.5, 0.6) is 11.5 Å². The number of benzene rings is 2. The molecule has 0 N–H and O–H groups in total. The summed E-state index contributed by atoms with van der Waals surface area (Å²) in [4.78, 5) is 20.7. The van der Waals surface area contributed by atoms with E-state index < -0.39 is 35.2 Å². The molecule has 4 aromatic carbocycles. The Labute approximate surface area is 215 Å². The minimum Gasteiger partial charge on any atom is -0.488 e. The molecule has 4 nitrogen and oxygen atoms in total. The number of hydrogen-bond acceptors (Lipinski definition) is 4. The van der Waals surface area contributed by atoms with Crippen molar-refractivity contribution in [2.45, 2.75) is 13.8 Å². The number of ether oxygens (including phenoxy) is 2. The fourth-order valence-electron chi connectivity index (χ4n) is 1.97. The Bertz CT molecular complexity index is 990. The van der Waals surface area contributed by atoms with Crippen LogP contribution >= 0.6 is 0 Å². The van der Waals surface area contributed by atoms with E-state index in [9.17, 15) is 27.2 Å². The molecule has 0 atom stereocenters. The maximum atomic E-state index is 12.6. The van der Waals surface area contributed by atoms with E-state index >= 15 is 0 Å². The largest absolute Gasteiger partial charge is 4.00 e. The number of carbonyl (C=O) groups is 2. The zero-order valence-electron chi connectivity index (χ0n) is 18.7. The average Bonchev–Trinajstić information content (AvgIpc) is 3.51. The van der Waals surface area contributed by atoms with Crippen LogP contribution in [0.1, 0.15) is 13.8 Å². The molecule has 0 aliphatic rings. The van der Waals surface area contributed by atoms with E-state index in [0.29, 0.717) is 0 Å². The molecule has 0 fully saturated rings. The molecule has 0 spiro atoms. The Morgan fingerprint density at radius 2 is 0.971 bits per heavy atom. The summed E-state index contributed by atoms with van der Waals surface area (Å²) >= 11 is 0. The summed E-state index contributed by atoms with van der Waals surface area (Å²) in [5.41, 5.74) is 0. The summed E-state index contributed by atoms with van der Waals surface area (Å²) in [5.74, 6) is -5.63. The van der Waals surface area contributed by atoms with Gasteiger partial charge in [0.1, 0.15) is 0 Å². The van der Waals surface area contributed by atoms with Crippen molar-refractivity contribution in [3.63, 3.8) is 0 Å². The third-order valence-corrected chi connectivity index (χ3v) is 3.27. The molecule has 0 aliphatic heterocycles. The summed E-state index contributed by atoms with van der Waals surface area (Å²) in [6, 6.07) is 27.4. The van der Waals surface area contributed by atoms with Crippen molar-refractivity contribution in [3.8, 4) is 11.5 Å². The first-order valence-corrected chi connectivity index (χ1v) is 9.64. The Hall–Kier alpha value is -3.49. The van der Waals surface area contributed by atoms with E-state index in [1.807, 2.05) is 60.7 Å². The SMILES string of the molecule is CC(=O)Oc1ccc(F)[c-]c1F.CC(=O)Oc1ccc(F)[c-]c1F.[Ti+4].c1cc[cH-]c1.c1cc[cH-]c1. The van der Waals surface area contributed by atoms with Crippen LogP contribution in [0.2, 0.25) is 0 Å². The molecule has 9 heteroatoms. The monoisotopic (exact) mass is 520 g/mol. The van der Waals surface area contributed by atoms with Crippen molar-refractivity contribution in [3.05, 3.63) is 120 Å². The maximum absolute atomic E-state index is 12.6. The normalized spacial score (nSPS) is 8.86. The molecule has 0 unspecified atom stereocenters. The minimum atomic E-state index is -1.01. The average molecular weight is 520 g/mol. The predicted molar refractivity (Wildman–Crippen MR) is 117 cm³/mol. The third-order valence-electron chi connectivity index (χ3n) is 3.27. The van der Waals surface area contributed by atoms with Crippen LogP contribution in [-0.2, 0) is 31.3 Å². The van der Waals surface area contributed by atoms with Gasteiger partial charge < -0.3 is 9.47 Å². The van der Waals surface area contributed by atoms with Gasteiger partial charge in [-0.2, -0.15) is 36.4 Å². The predicted octanol–water partition coefficient (Wildman–Crippen LogP) is 6.19. The number of rotatable bonds is 2. The fraction of sp³-hybridized carbons (Fsp3) is 0.0769. The standard InChI is InChI=1S/2C8H5F2O2.2C5H5.Ti/c2*1-5(11)12-8-3-2-6(9)4-7(8)10;2*1-2-4-5-3-1;/h2*2-3H,1H3;2*1-5H;/q4*-1;+4. The number of hydrogen-bond donors (Lipinski definition) is 0. The molecule has 0 saturated carbocycles. The van der Waals surface area contributed by atoms with Gasteiger partial charge in [-0.15, -0.1) is 36.4 Å². The second kappa shape index (κ2) is 17.9. The van der Waals surface area contributed by atoms with Crippen LogP contribution in [0.25, 0.3) is 0 Å². The molecular formula is C26H20F4O4Ti. The van der Waals surface area contributed by atoms with Crippen molar-refractivity contribution in [1.82, 2.24) is 0 Å². The van der Waals surface area contributed by atoms with Crippen LogP contribution in [-0.4, -0.2) is 11.9 Å². The molecule has 0 heterocycles. The van der Waals surface area contributed by atoms with Crippen LogP contribution < -0.4 is 9.47 Å². The van der Waals surface area contributed by atoms with E-state index in [0.717, 1.165) is 38.1 Å². The molecule has 4 aromatic rings. The molecule has 4 rings (SSSR count). The van der Waals surface area contributed by atoms with Crippen LogP contribution in [0, 0.1) is 35.4 Å². The van der Waals surface area contributed by atoms with Gasteiger partial charge in [0.15, 0.2) is 0 Å². The van der Waals surface area contributed by atoms with Gasteiger partial charge in [-0.1, -0.05) is 0 Å². The molecule has 0 aromatic heterocycles. The van der Waals surface area contributed by atoms with Gasteiger partial charge in [0.25, 0.3) is 11.9 Å².